The normalized spacial score (nSPS) is 13.2. The number of nitrogens with zero attached hydrogens (tertiary/aromatic N) is 1. The number of methoxy groups -OCH3 is 1. The van der Waals surface area contributed by atoms with Gasteiger partial charge < -0.3 is 9.64 Å². The van der Waals surface area contributed by atoms with E-state index in [9.17, 15) is 0 Å². The van der Waals surface area contributed by atoms with Crippen LogP contribution in [0.15, 0.2) is 23.4 Å². The van der Waals surface area contributed by atoms with Crippen LogP contribution in [0.25, 0.3) is 0 Å². The van der Waals surface area contributed by atoms with Gasteiger partial charge in [-0.05, 0) is 26.3 Å². The molecule has 0 bridgehead atoms. The van der Waals surface area contributed by atoms with E-state index in [0.29, 0.717) is 0 Å². The van der Waals surface area contributed by atoms with Crippen LogP contribution in [0.1, 0.15) is 27.2 Å². The maximum absolute atomic E-state index is 5.03. The van der Waals surface area contributed by atoms with Crippen LogP contribution < -0.4 is 0 Å². The molecule has 14 heavy (non-hydrogen) atoms. The van der Waals surface area contributed by atoms with Crippen LogP contribution >= 0.6 is 0 Å². The molecule has 0 aliphatic carbocycles. The molecule has 0 saturated heterocycles. The first-order chi connectivity index (χ1) is 6.61. The Balaban J connectivity index is 4.09. The van der Waals surface area contributed by atoms with Gasteiger partial charge in [0.15, 0.2) is 0 Å². The molecular weight excluding hydrogens is 174 g/mol. The number of allylic oxidation sites excluding steroid dienone is 4. The summed E-state index contributed by atoms with van der Waals surface area (Å²) in [5.41, 5.74) is 2.68. The molecule has 0 aromatic carbocycles. The minimum absolute atomic E-state index is 0.776. The molecule has 0 fully saturated rings. The van der Waals surface area contributed by atoms with Crippen molar-refractivity contribution in [3.63, 3.8) is 0 Å². The highest BCUT2D eigenvalue weighted by Gasteiger charge is 1.96. The minimum atomic E-state index is 0.776. The quantitative estimate of drug-likeness (QED) is 0.607. The molecule has 0 unspecified atom stereocenters. The monoisotopic (exact) mass is 197 g/mol. The first kappa shape index (κ1) is 13.2. The molecule has 0 N–H and O–H groups in total. The second kappa shape index (κ2) is 7.63. The van der Waals surface area contributed by atoms with E-state index in [-0.39, 0.29) is 0 Å². The van der Waals surface area contributed by atoms with Crippen LogP contribution in [0, 0.1) is 0 Å². The topological polar surface area (TPSA) is 12.5 Å². The summed E-state index contributed by atoms with van der Waals surface area (Å²) in [5.74, 6) is 0. The van der Waals surface area contributed by atoms with Crippen LogP contribution in [0.4, 0.5) is 0 Å². The lowest BCUT2D eigenvalue weighted by Crippen LogP contribution is -2.20. The number of hydrogen-bond acceptors (Lipinski definition) is 2. The van der Waals surface area contributed by atoms with Crippen LogP contribution in [0.2, 0.25) is 0 Å². The van der Waals surface area contributed by atoms with Crippen molar-refractivity contribution >= 4 is 0 Å². The fourth-order valence-electron chi connectivity index (χ4n) is 0.913. The predicted octanol–water partition coefficient (Wildman–Crippen LogP) is 2.82. The van der Waals surface area contributed by atoms with Gasteiger partial charge in [-0.1, -0.05) is 18.6 Å². The molecule has 0 aromatic rings. The van der Waals surface area contributed by atoms with Crippen LogP contribution in [-0.2, 0) is 4.74 Å². The molecule has 0 aliphatic heterocycles. The third kappa shape index (κ3) is 5.81. The molecule has 0 saturated carbocycles. The fourth-order valence-corrected chi connectivity index (χ4v) is 0.913. The molecule has 0 radical (unpaired) electrons. The summed E-state index contributed by atoms with van der Waals surface area (Å²) in [7, 11) is 3.81. The maximum atomic E-state index is 5.03. The SMILES string of the molecule is CC/C(C)=C\C=C(/C)N(C)CCOC. The summed E-state index contributed by atoms with van der Waals surface area (Å²) in [6, 6.07) is 0. The van der Waals surface area contributed by atoms with Gasteiger partial charge in [-0.3, -0.25) is 0 Å². The Kier molecular flexibility index (Phi) is 7.21. The van der Waals surface area contributed by atoms with Gasteiger partial charge in [0.1, 0.15) is 0 Å². The molecule has 2 heteroatoms. The van der Waals surface area contributed by atoms with Gasteiger partial charge in [-0.25, -0.2) is 0 Å². The van der Waals surface area contributed by atoms with E-state index in [0.717, 1.165) is 19.6 Å². The molecule has 0 rings (SSSR count). The highest BCUT2D eigenvalue weighted by Crippen LogP contribution is 2.03. The smallest absolute Gasteiger partial charge is 0.0637 e. The van der Waals surface area contributed by atoms with Crippen LogP contribution in [0.3, 0.4) is 0 Å². The lowest BCUT2D eigenvalue weighted by molar-refractivity contribution is 0.174. The van der Waals surface area contributed by atoms with Gasteiger partial charge in [0, 0.05) is 26.4 Å². The Labute approximate surface area is 88.2 Å². The van der Waals surface area contributed by atoms with E-state index in [1.165, 1.54) is 11.3 Å². The third-order valence-corrected chi connectivity index (χ3v) is 2.40. The zero-order chi connectivity index (χ0) is 11.0. The lowest BCUT2D eigenvalue weighted by Gasteiger charge is -2.18. The van der Waals surface area contributed by atoms with Crippen molar-refractivity contribution in [3.8, 4) is 0 Å². The molecule has 82 valence electrons. The van der Waals surface area contributed by atoms with Crippen molar-refractivity contribution in [2.45, 2.75) is 27.2 Å². The average Bonchev–Trinajstić information content (AvgIpc) is 2.21. The van der Waals surface area contributed by atoms with Gasteiger partial charge >= 0.3 is 0 Å². The lowest BCUT2D eigenvalue weighted by atomic mass is 10.2. The van der Waals surface area contributed by atoms with Gasteiger partial charge in [0.25, 0.3) is 0 Å². The van der Waals surface area contributed by atoms with Crippen molar-refractivity contribution in [2.24, 2.45) is 0 Å². The highest BCUT2D eigenvalue weighted by molar-refractivity contribution is 5.14. The fraction of sp³-hybridized carbons (Fsp3) is 0.667. The van der Waals surface area contributed by atoms with Gasteiger partial charge in [0.05, 0.1) is 6.61 Å². The summed E-state index contributed by atoms with van der Waals surface area (Å²) in [4.78, 5) is 2.20. The van der Waals surface area contributed by atoms with E-state index >= 15 is 0 Å². The van der Waals surface area contributed by atoms with Crippen molar-refractivity contribution in [2.75, 3.05) is 27.3 Å². The number of likely N-dealkylation sites (N-methyl/N-ethyl adjacent to an activating group) is 1. The number of hydrogen-bond donors (Lipinski definition) is 0. The summed E-state index contributed by atoms with van der Waals surface area (Å²) < 4.78 is 5.03. The Hall–Kier alpha value is -0.760. The minimum Gasteiger partial charge on any atom is -0.383 e. The molecule has 0 aliphatic rings. The summed E-state index contributed by atoms with van der Waals surface area (Å²) in [6.45, 7) is 8.16. The highest BCUT2D eigenvalue weighted by atomic mass is 16.5. The van der Waals surface area contributed by atoms with Crippen LogP contribution in [-0.4, -0.2) is 32.2 Å². The van der Waals surface area contributed by atoms with Gasteiger partial charge in [0.2, 0.25) is 0 Å². The number of ether oxygens (including phenoxy) is 1. The molecule has 0 atom stereocenters. The Morgan fingerprint density at radius 1 is 1.29 bits per heavy atom. The van der Waals surface area contributed by atoms with Gasteiger partial charge in [-0.2, -0.15) is 0 Å². The molecule has 0 aromatic heterocycles. The zero-order valence-electron chi connectivity index (χ0n) is 10.1. The largest absolute Gasteiger partial charge is 0.383 e. The first-order valence-electron chi connectivity index (χ1n) is 5.16. The maximum Gasteiger partial charge on any atom is 0.0637 e. The third-order valence-electron chi connectivity index (χ3n) is 2.40. The van der Waals surface area contributed by atoms with E-state index in [4.69, 9.17) is 4.74 Å². The van der Waals surface area contributed by atoms with Crippen LogP contribution in [0.5, 0.6) is 0 Å². The Morgan fingerprint density at radius 2 is 1.93 bits per heavy atom. The summed E-state index contributed by atoms with van der Waals surface area (Å²) in [6.07, 6.45) is 5.46. The predicted molar refractivity (Wildman–Crippen MR) is 62.3 cm³/mol. The first-order valence-corrected chi connectivity index (χ1v) is 5.16. The molecule has 0 heterocycles. The number of rotatable bonds is 6. The van der Waals surface area contributed by atoms with Crippen molar-refractivity contribution in [3.05, 3.63) is 23.4 Å². The second-order valence-electron chi connectivity index (χ2n) is 3.59. The van der Waals surface area contributed by atoms with E-state index in [1.807, 2.05) is 0 Å². The van der Waals surface area contributed by atoms with Crippen molar-refractivity contribution in [1.29, 1.82) is 0 Å². The van der Waals surface area contributed by atoms with Gasteiger partial charge in [-0.15, -0.1) is 0 Å². The Bertz CT molecular complexity index is 206. The average molecular weight is 197 g/mol. The van der Waals surface area contributed by atoms with E-state index in [2.05, 4.69) is 44.9 Å². The van der Waals surface area contributed by atoms with Crippen molar-refractivity contribution in [1.82, 2.24) is 4.90 Å². The summed E-state index contributed by atoms with van der Waals surface area (Å²) in [5, 5.41) is 0. The summed E-state index contributed by atoms with van der Waals surface area (Å²) >= 11 is 0. The van der Waals surface area contributed by atoms with E-state index in [1.54, 1.807) is 7.11 Å². The molecule has 0 amide bonds. The van der Waals surface area contributed by atoms with Crippen molar-refractivity contribution < 1.29 is 4.74 Å². The zero-order valence-corrected chi connectivity index (χ0v) is 10.1. The molecular formula is C12H23NO. The molecule has 0 spiro atoms. The van der Waals surface area contributed by atoms with E-state index < -0.39 is 0 Å². The second-order valence-corrected chi connectivity index (χ2v) is 3.59. The Morgan fingerprint density at radius 3 is 2.43 bits per heavy atom. The molecule has 2 nitrogen and oxygen atoms in total. The standard InChI is InChI=1S/C12H23NO/c1-6-11(2)7-8-12(3)13(4)9-10-14-5/h7-8H,6,9-10H2,1-5H3/b11-7-,12-8+.